The maximum Gasteiger partial charge on any atom is 0.328 e. The van der Waals surface area contributed by atoms with Crippen molar-refractivity contribution in [2.45, 2.75) is 38.1 Å². The van der Waals surface area contributed by atoms with Gasteiger partial charge in [-0.1, -0.05) is 12.8 Å². The second-order valence-electron chi connectivity index (χ2n) is 5.78. The van der Waals surface area contributed by atoms with Gasteiger partial charge in [0.1, 0.15) is 0 Å². The van der Waals surface area contributed by atoms with Gasteiger partial charge in [0.25, 0.3) is 5.91 Å². The molecule has 0 spiro atoms. The Labute approximate surface area is 128 Å². The predicted octanol–water partition coefficient (Wildman–Crippen LogP) is 3.25. The summed E-state index contributed by atoms with van der Waals surface area (Å²) < 4.78 is 0. The lowest BCUT2D eigenvalue weighted by atomic mass is 9.85. The van der Waals surface area contributed by atoms with Crippen LogP contribution in [0.5, 0.6) is 0 Å². The molecule has 112 valence electrons. The van der Waals surface area contributed by atoms with E-state index < -0.39 is 5.97 Å². The summed E-state index contributed by atoms with van der Waals surface area (Å²) in [5.41, 5.74) is 0.714. The molecular weight excluding hydrogens is 286 g/mol. The summed E-state index contributed by atoms with van der Waals surface area (Å²) in [7, 11) is 0. The van der Waals surface area contributed by atoms with E-state index in [4.69, 9.17) is 5.11 Å². The molecule has 1 N–H and O–H groups in total. The third-order valence-corrected chi connectivity index (χ3v) is 5.48. The fourth-order valence-corrected chi connectivity index (χ4v) is 4.41. The van der Waals surface area contributed by atoms with Crippen LogP contribution in [-0.4, -0.2) is 34.5 Å². The third-order valence-electron chi connectivity index (χ3n) is 4.57. The van der Waals surface area contributed by atoms with Gasteiger partial charge >= 0.3 is 5.97 Å². The number of nitrogens with zero attached hydrogens (tertiary/aromatic N) is 1. The molecular formula is C16H19NO3S. The van der Waals surface area contributed by atoms with E-state index in [0.29, 0.717) is 22.4 Å². The zero-order valence-electron chi connectivity index (χ0n) is 11.8. The summed E-state index contributed by atoms with van der Waals surface area (Å²) in [4.78, 5) is 26.1. The first-order valence-corrected chi connectivity index (χ1v) is 8.34. The van der Waals surface area contributed by atoms with Crippen LogP contribution >= 0.6 is 11.3 Å². The molecule has 0 aromatic carbocycles. The molecule has 0 radical (unpaired) electrons. The zero-order valence-corrected chi connectivity index (χ0v) is 12.6. The molecule has 2 fully saturated rings. The molecule has 5 heteroatoms. The Morgan fingerprint density at radius 2 is 2.10 bits per heavy atom. The highest BCUT2D eigenvalue weighted by Gasteiger charge is 2.38. The molecule has 1 aliphatic heterocycles. The number of hydrogen-bond donors (Lipinski definition) is 1. The Kier molecular flexibility index (Phi) is 4.10. The van der Waals surface area contributed by atoms with Crippen LogP contribution in [0.1, 0.15) is 47.3 Å². The van der Waals surface area contributed by atoms with Crippen LogP contribution in [0, 0.1) is 5.92 Å². The van der Waals surface area contributed by atoms with E-state index >= 15 is 0 Å². The highest BCUT2D eigenvalue weighted by molar-refractivity contribution is 7.12. The number of fused-ring (bicyclic) bond motifs is 1. The van der Waals surface area contributed by atoms with Crippen LogP contribution in [0.25, 0.3) is 6.08 Å². The van der Waals surface area contributed by atoms with Gasteiger partial charge in [0.2, 0.25) is 0 Å². The van der Waals surface area contributed by atoms with E-state index in [1.165, 1.54) is 36.7 Å². The number of hydrogen-bond acceptors (Lipinski definition) is 3. The monoisotopic (exact) mass is 305 g/mol. The smallest absolute Gasteiger partial charge is 0.328 e. The minimum Gasteiger partial charge on any atom is -0.478 e. The van der Waals surface area contributed by atoms with Crippen molar-refractivity contribution < 1.29 is 14.7 Å². The first-order valence-electron chi connectivity index (χ1n) is 7.46. The summed E-state index contributed by atoms with van der Waals surface area (Å²) in [5, 5.41) is 10.6. The standard InChI is InChI=1S/C16H19NO3S/c18-14(19)6-5-12-8-10-21-15(12)16(20)17-9-7-11-3-1-2-4-13(11)17/h5-6,8,10-11,13H,1-4,7,9H2,(H,18,19)/b6-5+. The molecule has 2 atom stereocenters. The lowest BCUT2D eigenvalue weighted by Gasteiger charge is -2.31. The van der Waals surface area contributed by atoms with Crippen molar-refractivity contribution in [3.63, 3.8) is 0 Å². The van der Waals surface area contributed by atoms with E-state index in [1.54, 1.807) is 0 Å². The van der Waals surface area contributed by atoms with Gasteiger partial charge in [-0.05, 0) is 48.3 Å². The van der Waals surface area contributed by atoms with Crippen LogP contribution in [-0.2, 0) is 4.79 Å². The average Bonchev–Trinajstić information content (AvgIpc) is 3.11. The first-order chi connectivity index (χ1) is 10.2. The van der Waals surface area contributed by atoms with E-state index in [1.807, 2.05) is 16.3 Å². The highest BCUT2D eigenvalue weighted by atomic mass is 32.1. The molecule has 1 aromatic rings. The Bertz CT molecular complexity index is 578. The van der Waals surface area contributed by atoms with Crippen LogP contribution in [0.15, 0.2) is 17.5 Å². The van der Waals surface area contributed by atoms with Crippen LogP contribution in [0.4, 0.5) is 0 Å². The summed E-state index contributed by atoms with van der Waals surface area (Å²) in [6.07, 6.45) is 8.57. The minimum absolute atomic E-state index is 0.0736. The fraction of sp³-hybridized carbons (Fsp3) is 0.500. The van der Waals surface area contributed by atoms with Crippen LogP contribution in [0.3, 0.4) is 0 Å². The lowest BCUT2D eigenvalue weighted by molar-refractivity contribution is -0.131. The number of amides is 1. The summed E-state index contributed by atoms with van der Waals surface area (Å²) >= 11 is 1.40. The summed E-state index contributed by atoms with van der Waals surface area (Å²) in [6.45, 7) is 0.841. The van der Waals surface area contributed by atoms with E-state index in [2.05, 4.69) is 0 Å². The molecule has 1 aromatic heterocycles. The van der Waals surface area contributed by atoms with E-state index in [0.717, 1.165) is 25.5 Å². The SMILES string of the molecule is O=C(O)/C=C/c1ccsc1C(=O)N1CCC2CCCCC21. The molecule has 3 rings (SSSR count). The molecule has 2 heterocycles. The van der Waals surface area contributed by atoms with Crippen molar-refractivity contribution in [2.75, 3.05) is 6.54 Å². The number of likely N-dealkylation sites (tertiary alicyclic amines) is 1. The molecule has 4 nitrogen and oxygen atoms in total. The number of carboxylic acid groups (broad SMARTS) is 1. The first kappa shape index (κ1) is 14.3. The van der Waals surface area contributed by atoms with Crippen LogP contribution in [0.2, 0.25) is 0 Å². The number of rotatable bonds is 3. The number of thiophene rings is 1. The van der Waals surface area contributed by atoms with Crippen molar-refractivity contribution >= 4 is 29.3 Å². The average molecular weight is 305 g/mol. The van der Waals surface area contributed by atoms with Crippen molar-refractivity contribution in [2.24, 2.45) is 5.92 Å². The largest absolute Gasteiger partial charge is 0.478 e. The molecule has 21 heavy (non-hydrogen) atoms. The van der Waals surface area contributed by atoms with Crippen LogP contribution < -0.4 is 0 Å². The molecule has 1 aliphatic carbocycles. The number of carbonyl (C=O) groups is 2. The Balaban J connectivity index is 1.79. The van der Waals surface area contributed by atoms with Crippen molar-refractivity contribution in [1.82, 2.24) is 4.90 Å². The maximum absolute atomic E-state index is 12.8. The van der Waals surface area contributed by atoms with E-state index in [-0.39, 0.29) is 5.91 Å². The van der Waals surface area contributed by atoms with Crippen molar-refractivity contribution in [1.29, 1.82) is 0 Å². The minimum atomic E-state index is -0.992. The maximum atomic E-state index is 12.8. The summed E-state index contributed by atoms with van der Waals surface area (Å²) in [5.74, 6) is -0.252. The fourth-order valence-electron chi connectivity index (χ4n) is 3.57. The van der Waals surface area contributed by atoms with Crippen molar-refractivity contribution in [3.05, 3.63) is 28.0 Å². The number of carbonyl (C=O) groups excluding carboxylic acids is 1. The number of aliphatic carboxylic acids is 1. The predicted molar refractivity (Wildman–Crippen MR) is 82.4 cm³/mol. The molecule has 1 saturated heterocycles. The van der Waals surface area contributed by atoms with Gasteiger partial charge < -0.3 is 10.0 Å². The lowest BCUT2D eigenvalue weighted by Crippen LogP contribution is -2.39. The molecule has 0 bridgehead atoms. The van der Waals surface area contributed by atoms with Gasteiger partial charge in [-0.2, -0.15) is 0 Å². The van der Waals surface area contributed by atoms with Gasteiger partial charge in [-0.3, -0.25) is 4.79 Å². The third kappa shape index (κ3) is 2.88. The van der Waals surface area contributed by atoms with Gasteiger partial charge in [-0.15, -0.1) is 11.3 Å². The normalized spacial score (nSPS) is 25.2. The van der Waals surface area contributed by atoms with Gasteiger partial charge in [0.15, 0.2) is 0 Å². The molecule has 1 saturated carbocycles. The topological polar surface area (TPSA) is 57.6 Å². The van der Waals surface area contributed by atoms with Gasteiger partial charge in [0, 0.05) is 18.7 Å². The quantitative estimate of drug-likeness (QED) is 0.872. The summed E-state index contributed by atoms with van der Waals surface area (Å²) in [6, 6.07) is 2.20. The highest BCUT2D eigenvalue weighted by Crippen LogP contribution is 2.37. The van der Waals surface area contributed by atoms with Crippen molar-refractivity contribution in [3.8, 4) is 0 Å². The Morgan fingerprint density at radius 3 is 2.90 bits per heavy atom. The van der Waals surface area contributed by atoms with Gasteiger partial charge in [0.05, 0.1) is 4.88 Å². The molecule has 2 unspecified atom stereocenters. The molecule has 1 amide bonds. The zero-order chi connectivity index (χ0) is 14.8. The second kappa shape index (κ2) is 6.02. The van der Waals surface area contributed by atoms with Gasteiger partial charge in [-0.25, -0.2) is 4.79 Å². The Hall–Kier alpha value is -1.62. The van der Waals surface area contributed by atoms with E-state index in [9.17, 15) is 9.59 Å². The second-order valence-corrected chi connectivity index (χ2v) is 6.69. The Morgan fingerprint density at radius 1 is 1.29 bits per heavy atom. The molecule has 2 aliphatic rings. The number of carboxylic acids is 1.